The highest BCUT2D eigenvalue weighted by molar-refractivity contribution is 5.93. The first-order valence-corrected chi connectivity index (χ1v) is 9.38. The van der Waals surface area contributed by atoms with Gasteiger partial charge in [0, 0.05) is 36.7 Å². The zero-order valence-electron chi connectivity index (χ0n) is 15.4. The number of amides is 1. The van der Waals surface area contributed by atoms with E-state index in [2.05, 4.69) is 15.3 Å². The van der Waals surface area contributed by atoms with Crippen molar-refractivity contribution in [2.45, 2.75) is 12.8 Å². The summed E-state index contributed by atoms with van der Waals surface area (Å²) in [4.78, 5) is 23.7. The number of rotatable bonds is 4. The fourth-order valence-corrected chi connectivity index (χ4v) is 3.41. The fourth-order valence-electron chi connectivity index (χ4n) is 3.41. The van der Waals surface area contributed by atoms with Gasteiger partial charge in [-0.3, -0.25) is 4.79 Å². The minimum absolute atomic E-state index is 0.0581. The Labute approximate surface area is 163 Å². The van der Waals surface area contributed by atoms with Gasteiger partial charge in [-0.15, -0.1) is 0 Å². The van der Waals surface area contributed by atoms with Crippen LogP contribution in [0.1, 0.15) is 12.8 Å². The second-order valence-corrected chi connectivity index (χ2v) is 6.92. The van der Waals surface area contributed by atoms with Gasteiger partial charge in [0.05, 0.1) is 5.92 Å². The molecule has 1 saturated heterocycles. The van der Waals surface area contributed by atoms with E-state index in [1.165, 1.54) is 12.1 Å². The van der Waals surface area contributed by atoms with Crippen LogP contribution in [0, 0.1) is 11.7 Å². The molecule has 1 N–H and O–H groups in total. The average molecular weight is 376 g/mol. The third-order valence-corrected chi connectivity index (χ3v) is 4.93. The lowest BCUT2D eigenvalue weighted by Gasteiger charge is -2.32. The molecule has 4 rings (SSSR count). The van der Waals surface area contributed by atoms with Gasteiger partial charge in [0.15, 0.2) is 0 Å². The number of nitrogens with zero attached hydrogens (tertiary/aromatic N) is 3. The summed E-state index contributed by atoms with van der Waals surface area (Å²) in [7, 11) is 0. The number of halogens is 1. The van der Waals surface area contributed by atoms with E-state index in [1.54, 1.807) is 12.1 Å². The van der Waals surface area contributed by atoms with Crippen LogP contribution < -0.4 is 10.2 Å². The van der Waals surface area contributed by atoms with Crippen molar-refractivity contribution >= 4 is 17.5 Å². The molecule has 6 heteroatoms. The van der Waals surface area contributed by atoms with E-state index < -0.39 is 0 Å². The summed E-state index contributed by atoms with van der Waals surface area (Å²) in [5.41, 5.74) is 2.64. The minimum atomic E-state index is -0.321. The molecule has 5 nitrogen and oxygen atoms in total. The summed E-state index contributed by atoms with van der Waals surface area (Å²) in [6, 6.07) is 15.8. The second kappa shape index (κ2) is 8.17. The second-order valence-electron chi connectivity index (χ2n) is 6.92. The number of carbonyl (C=O) groups excluding carboxylic acids is 1. The monoisotopic (exact) mass is 376 g/mol. The number of carbonyl (C=O) groups is 1. The SMILES string of the molecule is O=C(Nc1ccc(F)cc1)[C@H]1CCCN(c2ncc(-c3ccccc3)cn2)C1. The third-order valence-electron chi connectivity index (χ3n) is 4.93. The average Bonchev–Trinajstić information content (AvgIpc) is 2.76. The Kier molecular flexibility index (Phi) is 5.28. The van der Waals surface area contributed by atoms with Crippen LogP contribution in [0.2, 0.25) is 0 Å². The number of piperidine rings is 1. The molecule has 0 bridgehead atoms. The predicted octanol–water partition coefficient (Wildman–Crippen LogP) is 4.14. The van der Waals surface area contributed by atoms with Crippen molar-refractivity contribution in [2.75, 3.05) is 23.3 Å². The van der Waals surface area contributed by atoms with Crippen LogP contribution in [-0.2, 0) is 4.79 Å². The Morgan fingerprint density at radius 1 is 1.00 bits per heavy atom. The Morgan fingerprint density at radius 3 is 2.43 bits per heavy atom. The summed E-state index contributed by atoms with van der Waals surface area (Å²) in [6.07, 6.45) is 5.34. The van der Waals surface area contributed by atoms with E-state index in [4.69, 9.17) is 0 Å². The number of anilines is 2. The lowest BCUT2D eigenvalue weighted by Crippen LogP contribution is -2.41. The number of aromatic nitrogens is 2. The van der Waals surface area contributed by atoms with Crippen molar-refractivity contribution in [1.82, 2.24) is 9.97 Å². The summed E-state index contributed by atoms with van der Waals surface area (Å²) in [5, 5.41) is 2.87. The van der Waals surface area contributed by atoms with Gasteiger partial charge in [0.25, 0.3) is 0 Å². The highest BCUT2D eigenvalue weighted by Gasteiger charge is 2.27. The van der Waals surface area contributed by atoms with Crippen LogP contribution >= 0.6 is 0 Å². The largest absolute Gasteiger partial charge is 0.340 e. The van der Waals surface area contributed by atoms with Gasteiger partial charge in [-0.2, -0.15) is 0 Å². The van der Waals surface area contributed by atoms with Crippen molar-refractivity contribution in [1.29, 1.82) is 0 Å². The summed E-state index contributed by atoms with van der Waals surface area (Å²) in [5.74, 6) is 0.102. The van der Waals surface area contributed by atoms with E-state index in [9.17, 15) is 9.18 Å². The van der Waals surface area contributed by atoms with Crippen molar-refractivity contribution in [3.8, 4) is 11.1 Å². The Balaban J connectivity index is 1.42. The molecule has 0 unspecified atom stereocenters. The maximum absolute atomic E-state index is 13.0. The molecule has 0 spiro atoms. The van der Waals surface area contributed by atoms with Crippen molar-refractivity contribution in [3.63, 3.8) is 0 Å². The van der Waals surface area contributed by atoms with Gasteiger partial charge in [-0.1, -0.05) is 30.3 Å². The summed E-state index contributed by atoms with van der Waals surface area (Å²) < 4.78 is 13.0. The zero-order valence-corrected chi connectivity index (χ0v) is 15.4. The van der Waals surface area contributed by atoms with E-state index in [-0.39, 0.29) is 17.6 Å². The van der Waals surface area contributed by atoms with Gasteiger partial charge in [-0.25, -0.2) is 14.4 Å². The molecular weight excluding hydrogens is 355 g/mol. The number of benzene rings is 2. The molecule has 1 atom stereocenters. The maximum Gasteiger partial charge on any atom is 0.229 e. The molecule has 0 radical (unpaired) electrons. The first-order chi connectivity index (χ1) is 13.7. The highest BCUT2D eigenvalue weighted by atomic mass is 19.1. The number of nitrogens with one attached hydrogen (secondary N) is 1. The van der Waals surface area contributed by atoms with Crippen LogP contribution in [0.25, 0.3) is 11.1 Å². The molecule has 1 amide bonds. The zero-order chi connectivity index (χ0) is 19.3. The summed E-state index contributed by atoms with van der Waals surface area (Å²) >= 11 is 0. The van der Waals surface area contributed by atoms with Crippen LogP contribution in [0.15, 0.2) is 67.0 Å². The van der Waals surface area contributed by atoms with E-state index in [0.29, 0.717) is 18.2 Å². The quantitative estimate of drug-likeness (QED) is 0.744. The van der Waals surface area contributed by atoms with Gasteiger partial charge in [0.1, 0.15) is 5.82 Å². The fraction of sp³-hybridized carbons (Fsp3) is 0.227. The molecule has 1 aliphatic rings. The van der Waals surface area contributed by atoms with Crippen molar-refractivity contribution in [2.24, 2.45) is 5.92 Å². The van der Waals surface area contributed by atoms with Crippen molar-refractivity contribution in [3.05, 3.63) is 72.8 Å². The molecule has 3 aromatic rings. The minimum Gasteiger partial charge on any atom is -0.340 e. The van der Waals surface area contributed by atoms with Crippen LogP contribution in [0.4, 0.5) is 16.0 Å². The van der Waals surface area contributed by atoms with Gasteiger partial charge in [0.2, 0.25) is 11.9 Å². The normalized spacial score (nSPS) is 16.6. The molecule has 142 valence electrons. The molecule has 1 aromatic heterocycles. The lowest BCUT2D eigenvalue weighted by molar-refractivity contribution is -0.120. The number of hydrogen-bond acceptors (Lipinski definition) is 4. The standard InChI is InChI=1S/C22H21FN4O/c23-19-8-10-20(11-9-19)26-21(28)17-7-4-12-27(15-17)22-24-13-18(14-25-22)16-5-2-1-3-6-16/h1-3,5-6,8-11,13-14,17H,4,7,12,15H2,(H,26,28)/t17-/m0/s1. The molecular formula is C22H21FN4O. The van der Waals surface area contributed by atoms with E-state index >= 15 is 0 Å². The molecule has 28 heavy (non-hydrogen) atoms. The first-order valence-electron chi connectivity index (χ1n) is 9.38. The maximum atomic E-state index is 13.0. The van der Waals surface area contributed by atoms with Crippen LogP contribution in [0.5, 0.6) is 0 Å². The Hall–Kier alpha value is -3.28. The van der Waals surface area contributed by atoms with Gasteiger partial charge < -0.3 is 10.2 Å². The van der Waals surface area contributed by atoms with E-state index in [1.807, 2.05) is 47.6 Å². The molecule has 1 fully saturated rings. The Morgan fingerprint density at radius 2 is 1.71 bits per heavy atom. The van der Waals surface area contributed by atoms with Crippen LogP contribution in [-0.4, -0.2) is 29.0 Å². The van der Waals surface area contributed by atoms with Gasteiger partial charge in [-0.05, 0) is 42.7 Å². The molecule has 2 aromatic carbocycles. The summed E-state index contributed by atoms with van der Waals surface area (Å²) in [6.45, 7) is 1.39. The number of hydrogen-bond donors (Lipinski definition) is 1. The molecule has 0 saturated carbocycles. The van der Waals surface area contributed by atoms with Crippen LogP contribution in [0.3, 0.4) is 0 Å². The third kappa shape index (κ3) is 4.17. The molecule has 2 heterocycles. The topological polar surface area (TPSA) is 58.1 Å². The molecule has 0 aliphatic carbocycles. The molecule has 1 aliphatic heterocycles. The van der Waals surface area contributed by atoms with E-state index in [0.717, 1.165) is 30.5 Å². The van der Waals surface area contributed by atoms with Gasteiger partial charge >= 0.3 is 0 Å². The predicted molar refractivity (Wildman–Crippen MR) is 107 cm³/mol. The Bertz CT molecular complexity index is 929. The first kappa shape index (κ1) is 18.1. The highest BCUT2D eigenvalue weighted by Crippen LogP contribution is 2.23. The van der Waals surface area contributed by atoms with Crippen molar-refractivity contribution < 1.29 is 9.18 Å². The lowest BCUT2D eigenvalue weighted by atomic mass is 9.97. The smallest absolute Gasteiger partial charge is 0.229 e.